The van der Waals surface area contributed by atoms with Gasteiger partial charge in [0.2, 0.25) is 5.91 Å². The summed E-state index contributed by atoms with van der Waals surface area (Å²) < 4.78 is 46.9. The van der Waals surface area contributed by atoms with E-state index in [-0.39, 0.29) is 43.7 Å². The van der Waals surface area contributed by atoms with Gasteiger partial charge in [0.1, 0.15) is 0 Å². The highest BCUT2D eigenvalue weighted by Gasteiger charge is 2.31. The number of halogens is 3. The first kappa shape index (κ1) is 28.4. The molecule has 10 nitrogen and oxygen atoms in total. The van der Waals surface area contributed by atoms with Gasteiger partial charge in [0.25, 0.3) is 0 Å². The van der Waals surface area contributed by atoms with Gasteiger partial charge < -0.3 is 25.0 Å². The average Bonchev–Trinajstić information content (AvgIpc) is 3.30. The number of ether oxygens (including phenoxy) is 1. The summed E-state index contributed by atoms with van der Waals surface area (Å²) in [7, 11) is 1.51. The van der Waals surface area contributed by atoms with Gasteiger partial charge in [0.15, 0.2) is 0 Å². The molecule has 1 aromatic carbocycles. The summed E-state index contributed by atoms with van der Waals surface area (Å²) in [5.41, 5.74) is -0.123. The van der Waals surface area contributed by atoms with Crippen molar-refractivity contribution >= 4 is 17.6 Å². The number of nitrogens with zero attached hydrogens (tertiary/aromatic N) is 5. The van der Waals surface area contributed by atoms with Gasteiger partial charge in [0.05, 0.1) is 42.8 Å². The van der Waals surface area contributed by atoms with Crippen molar-refractivity contribution in [3.63, 3.8) is 0 Å². The maximum Gasteiger partial charge on any atom is 0.416 e. The van der Waals surface area contributed by atoms with Gasteiger partial charge in [-0.2, -0.15) is 13.2 Å². The van der Waals surface area contributed by atoms with Gasteiger partial charge in [-0.1, -0.05) is 18.2 Å². The molecule has 0 unspecified atom stereocenters. The molecule has 0 bridgehead atoms. The molecule has 2 N–H and O–H groups in total. The lowest BCUT2D eigenvalue weighted by Gasteiger charge is -2.35. The molecule has 3 rings (SSSR count). The van der Waals surface area contributed by atoms with Crippen LogP contribution in [0.25, 0.3) is 0 Å². The number of aryl methyl sites for hydroxylation is 1. The number of fused-ring (bicyclic) bond motifs is 1. The lowest BCUT2D eigenvalue weighted by molar-refractivity contribution is -0.137. The number of aromatic nitrogens is 3. The second kappa shape index (κ2) is 12.4. The van der Waals surface area contributed by atoms with Crippen molar-refractivity contribution in [2.75, 3.05) is 32.1 Å². The number of carbonyl (C=O) groups is 2. The SMILES string of the molecule is C[C@H]1CN([C@@H](C)CO)C(=O)CCCn2nncc2CO[C@H]1CN(C)C(=O)Nc1cccc(C(F)(F)F)c1. The Bertz CT molecular complexity index is 1060. The zero-order valence-electron chi connectivity index (χ0n) is 21.1. The van der Waals surface area contributed by atoms with Gasteiger partial charge in [-0.25, -0.2) is 9.48 Å². The lowest BCUT2D eigenvalue weighted by Crippen LogP contribution is -2.48. The molecule has 0 aliphatic carbocycles. The fraction of sp³-hybridized carbons (Fsp3) is 0.583. The molecule has 2 heterocycles. The normalized spacial score (nSPS) is 20.4. The molecular formula is C24H33F3N6O4. The highest BCUT2D eigenvalue weighted by atomic mass is 19.4. The number of amides is 3. The van der Waals surface area contributed by atoms with Gasteiger partial charge in [-0.05, 0) is 31.5 Å². The average molecular weight is 527 g/mol. The molecule has 1 aliphatic rings. The molecule has 1 aliphatic heterocycles. The number of hydrogen-bond acceptors (Lipinski definition) is 6. The first-order chi connectivity index (χ1) is 17.5. The molecule has 0 spiro atoms. The predicted octanol–water partition coefficient (Wildman–Crippen LogP) is 2.99. The van der Waals surface area contributed by atoms with Crippen molar-refractivity contribution in [1.29, 1.82) is 0 Å². The number of alkyl halides is 3. The third-order valence-electron chi connectivity index (χ3n) is 6.38. The Hall–Kier alpha value is -3.19. The fourth-order valence-electron chi connectivity index (χ4n) is 4.09. The summed E-state index contributed by atoms with van der Waals surface area (Å²) >= 11 is 0. The quantitative estimate of drug-likeness (QED) is 0.620. The molecule has 204 valence electrons. The van der Waals surface area contributed by atoms with E-state index in [1.807, 2.05) is 6.92 Å². The molecule has 2 aromatic rings. The number of benzene rings is 1. The summed E-state index contributed by atoms with van der Waals surface area (Å²) in [5.74, 6) is -0.351. The Morgan fingerprint density at radius 3 is 2.84 bits per heavy atom. The first-order valence-electron chi connectivity index (χ1n) is 12.1. The molecule has 0 fully saturated rings. The summed E-state index contributed by atoms with van der Waals surface area (Å²) in [4.78, 5) is 28.7. The second-order valence-electron chi connectivity index (χ2n) is 9.35. The Kier molecular flexibility index (Phi) is 9.49. The third kappa shape index (κ3) is 7.65. The van der Waals surface area contributed by atoms with Crippen LogP contribution < -0.4 is 5.32 Å². The lowest BCUT2D eigenvalue weighted by atomic mass is 10.0. The highest BCUT2D eigenvalue weighted by Crippen LogP contribution is 2.30. The topological polar surface area (TPSA) is 113 Å². The van der Waals surface area contributed by atoms with Crippen LogP contribution in [-0.4, -0.2) is 80.7 Å². The summed E-state index contributed by atoms with van der Waals surface area (Å²) in [6, 6.07) is 3.40. The molecule has 1 aromatic heterocycles. The standard InChI is InChI=1S/C24H33F3N6O4/c1-16-12-32(17(2)14-34)22(35)8-5-9-33-20(11-28-30-33)15-37-21(16)13-31(3)23(36)29-19-7-4-6-18(10-19)24(25,26)27/h4,6-7,10-11,16-17,21,34H,5,8-9,12-15H2,1-3H3,(H,29,36)/t16-,17-,21-/m0/s1. The van der Waals surface area contributed by atoms with Crippen molar-refractivity contribution in [3.8, 4) is 0 Å². The maximum absolute atomic E-state index is 13.0. The fourth-order valence-corrected chi connectivity index (χ4v) is 4.09. The molecule has 0 saturated heterocycles. The molecule has 37 heavy (non-hydrogen) atoms. The van der Waals surface area contributed by atoms with Crippen LogP contribution in [0.2, 0.25) is 0 Å². The van der Waals surface area contributed by atoms with Crippen molar-refractivity contribution in [1.82, 2.24) is 24.8 Å². The third-order valence-corrected chi connectivity index (χ3v) is 6.38. The zero-order valence-corrected chi connectivity index (χ0v) is 21.1. The van der Waals surface area contributed by atoms with Gasteiger partial charge >= 0.3 is 12.2 Å². The van der Waals surface area contributed by atoms with Crippen LogP contribution in [0.3, 0.4) is 0 Å². The number of urea groups is 1. The van der Waals surface area contributed by atoms with E-state index < -0.39 is 29.9 Å². The second-order valence-corrected chi connectivity index (χ2v) is 9.35. The zero-order chi connectivity index (χ0) is 27.2. The molecule has 13 heteroatoms. The van der Waals surface area contributed by atoms with E-state index in [0.29, 0.717) is 19.5 Å². The van der Waals surface area contributed by atoms with E-state index >= 15 is 0 Å². The maximum atomic E-state index is 13.0. The van der Waals surface area contributed by atoms with Crippen molar-refractivity contribution < 1.29 is 32.6 Å². The van der Waals surface area contributed by atoms with Crippen LogP contribution in [0.1, 0.15) is 37.9 Å². The molecule has 3 atom stereocenters. The first-order valence-corrected chi connectivity index (χ1v) is 12.1. The Labute approximate surface area is 213 Å². The van der Waals surface area contributed by atoms with Gasteiger partial charge in [-0.15, -0.1) is 5.10 Å². The summed E-state index contributed by atoms with van der Waals surface area (Å²) in [6.07, 6.45) is -2.65. The van der Waals surface area contributed by atoms with Crippen LogP contribution in [0.15, 0.2) is 30.5 Å². The Morgan fingerprint density at radius 2 is 2.14 bits per heavy atom. The predicted molar refractivity (Wildman–Crippen MR) is 128 cm³/mol. The van der Waals surface area contributed by atoms with E-state index in [4.69, 9.17) is 4.74 Å². The summed E-state index contributed by atoms with van der Waals surface area (Å²) in [5, 5.41) is 20.2. The molecule has 0 saturated carbocycles. The Morgan fingerprint density at radius 1 is 1.38 bits per heavy atom. The monoisotopic (exact) mass is 526 g/mol. The molecule has 0 radical (unpaired) electrons. The molecule has 3 amide bonds. The molecular weight excluding hydrogens is 493 g/mol. The van der Waals surface area contributed by atoms with Crippen LogP contribution in [0.5, 0.6) is 0 Å². The number of likely N-dealkylation sites (N-methyl/N-ethyl adjacent to an activating group) is 1. The van der Waals surface area contributed by atoms with Crippen LogP contribution in [-0.2, 0) is 28.9 Å². The van der Waals surface area contributed by atoms with Crippen molar-refractivity contribution in [3.05, 3.63) is 41.7 Å². The number of anilines is 1. The van der Waals surface area contributed by atoms with Crippen LogP contribution >= 0.6 is 0 Å². The Balaban J connectivity index is 1.77. The number of rotatable bonds is 5. The number of nitrogens with one attached hydrogen (secondary N) is 1. The van der Waals surface area contributed by atoms with Crippen LogP contribution in [0.4, 0.5) is 23.7 Å². The minimum Gasteiger partial charge on any atom is -0.394 e. The number of hydrogen-bond donors (Lipinski definition) is 2. The van der Waals surface area contributed by atoms with E-state index in [1.54, 1.807) is 22.7 Å². The van der Waals surface area contributed by atoms with Gasteiger partial charge in [0, 0.05) is 44.7 Å². The van der Waals surface area contributed by atoms with Crippen LogP contribution in [0, 0.1) is 5.92 Å². The number of aliphatic hydroxyl groups is 1. The van der Waals surface area contributed by atoms with Gasteiger partial charge in [-0.3, -0.25) is 4.79 Å². The van der Waals surface area contributed by atoms with E-state index in [9.17, 15) is 27.9 Å². The van der Waals surface area contributed by atoms with E-state index in [1.165, 1.54) is 24.1 Å². The van der Waals surface area contributed by atoms with Crippen molar-refractivity contribution in [2.24, 2.45) is 5.92 Å². The van der Waals surface area contributed by atoms with E-state index in [0.717, 1.165) is 17.8 Å². The number of carbonyl (C=O) groups excluding carboxylic acids is 2. The minimum absolute atomic E-state index is 0.0165. The number of aliphatic hydroxyl groups excluding tert-OH is 1. The minimum atomic E-state index is -4.53. The largest absolute Gasteiger partial charge is 0.416 e. The summed E-state index contributed by atoms with van der Waals surface area (Å²) in [6.45, 7) is 4.50. The van der Waals surface area contributed by atoms with Crippen molar-refractivity contribution in [2.45, 2.75) is 58.2 Å². The highest BCUT2D eigenvalue weighted by molar-refractivity contribution is 5.89. The van der Waals surface area contributed by atoms with E-state index in [2.05, 4.69) is 15.6 Å². The smallest absolute Gasteiger partial charge is 0.394 e.